The summed E-state index contributed by atoms with van der Waals surface area (Å²) in [6.45, 7) is 5.40. The molecule has 214 valence electrons. The van der Waals surface area contributed by atoms with Crippen LogP contribution < -0.4 is 23.9 Å². The molecule has 1 N–H and O–H groups in total. The molecule has 1 amide bonds. The summed E-state index contributed by atoms with van der Waals surface area (Å²) < 4.78 is 44.7. The smallest absolute Gasteiger partial charge is 0.265 e. The maximum atomic E-state index is 13.9. The summed E-state index contributed by atoms with van der Waals surface area (Å²) in [5.74, 6) is 0.134. The van der Waals surface area contributed by atoms with Gasteiger partial charge in [-0.15, -0.1) is 0 Å². The Morgan fingerprint density at radius 1 is 0.925 bits per heavy atom. The van der Waals surface area contributed by atoms with Gasteiger partial charge in [0.05, 0.1) is 31.9 Å². The molecule has 0 aliphatic rings. The van der Waals surface area contributed by atoms with Crippen molar-refractivity contribution >= 4 is 38.9 Å². The SMILES string of the molecule is COc1ccc(S(=O)(=O)N(CC(=O)N/N=C(/C)CC(C)(C)c2ccccc2)c2cc(Cl)ccc2OC)cc1OC. The number of hydrogen-bond donors (Lipinski definition) is 1. The van der Waals surface area contributed by atoms with Crippen molar-refractivity contribution in [1.29, 1.82) is 0 Å². The first-order valence-electron chi connectivity index (χ1n) is 12.4. The molecule has 0 spiro atoms. The second kappa shape index (κ2) is 13.1. The van der Waals surface area contributed by atoms with E-state index in [1.165, 1.54) is 51.7 Å². The van der Waals surface area contributed by atoms with Crippen LogP contribution in [0.5, 0.6) is 17.2 Å². The maximum absolute atomic E-state index is 13.9. The molecule has 40 heavy (non-hydrogen) atoms. The van der Waals surface area contributed by atoms with Crippen molar-refractivity contribution in [2.24, 2.45) is 5.10 Å². The standard InChI is InChI=1S/C29H34ClN3O6S/c1-20(18-29(2,3)21-10-8-7-9-11-21)31-32-28(34)19-33(24-16-22(30)12-14-25(24)37-4)40(35,36)23-13-15-26(38-5)27(17-23)39-6/h7-17H,18-19H2,1-6H3,(H,32,34)/b31-20-. The van der Waals surface area contributed by atoms with Gasteiger partial charge in [0.15, 0.2) is 11.5 Å². The number of ether oxygens (including phenoxy) is 3. The highest BCUT2D eigenvalue weighted by molar-refractivity contribution is 7.92. The van der Waals surface area contributed by atoms with Crippen molar-refractivity contribution in [3.8, 4) is 17.2 Å². The van der Waals surface area contributed by atoms with E-state index in [0.717, 1.165) is 9.87 Å². The van der Waals surface area contributed by atoms with Gasteiger partial charge in [0.2, 0.25) is 0 Å². The number of carbonyl (C=O) groups excluding carboxylic acids is 1. The monoisotopic (exact) mass is 587 g/mol. The van der Waals surface area contributed by atoms with Gasteiger partial charge in [-0.1, -0.05) is 55.8 Å². The fourth-order valence-electron chi connectivity index (χ4n) is 4.26. The zero-order valence-corrected chi connectivity index (χ0v) is 25.0. The highest BCUT2D eigenvalue weighted by Crippen LogP contribution is 2.37. The van der Waals surface area contributed by atoms with Gasteiger partial charge < -0.3 is 14.2 Å². The lowest BCUT2D eigenvalue weighted by atomic mass is 9.80. The summed E-state index contributed by atoms with van der Waals surface area (Å²) in [6, 6.07) is 18.7. The minimum absolute atomic E-state index is 0.0887. The van der Waals surface area contributed by atoms with Crippen molar-refractivity contribution < 1.29 is 27.4 Å². The topological polar surface area (TPSA) is 107 Å². The average molecular weight is 588 g/mol. The lowest BCUT2D eigenvalue weighted by Gasteiger charge is -2.26. The van der Waals surface area contributed by atoms with Crippen molar-refractivity contribution in [2.75, 3.05) is 32.2 Å². The minimum atomic E-state index is -4.31. The number of nitrogens with one attached hydrogen (secondary N) is 1. The number of hydrazone groups is 1. The molecule has 0 radical (unpaired) electrons. The fraction of sp³-hybridized carbons (Fsp3) is 0.310. The number of sulfonamides is 1. The third-order valence-electron chi connectivity index (χ3n) is 6.26. The summed E-state index contributed by atoms with van der Waals surface area (Å²) in [7, 11) is -0.0616. The summed E-state index contributed by atoms with van der Waals surface area (Å²) in [4.78, 5) is 13.0. The number of nitrogens with zero attached hydrogens (tertiary/aromatic N) is 2. The van der Waals surface area contributed by atoms with Crippen LogP contribution in [0.15, 0.2) is 76.7 Å². The molecule has 0 unspecified atom stereocenters. The van der Waals surface area contributed by atoms with Crippen molar-refractivity contribution in [3.63, 3.8) is 0 Å². The maximum Gasteiger partial charge on any atom is 0.265 e. The van der Waals surface area contributed by atoms with Crippen molar-refractivity contribution in [1.82, 2.24) is 5.43 Å². The van der Waals surface area contributed by atoms with Crippen LogP contribution in [0.4, 0.5) is 5.69 Å². The van der Waals surface area contributed by atoms with E-state index < -0.39 is 22.5 Å². The van der Waals surface area contributed by atoms with Gasteiger partial charge in [0.25, 0.3) is 15.9 Å². The van der Waals surface area contributed by atoms with Gasteiger partial charge in [-0.2, -0.15) is 5.10 Å². The number of rotatable bonds is 12. The first-order chi connectivity index (χ1) is 18.9. The van der Waals surface area contributed by atoms with Gasteiger partial charge >= 0.3 is 0 Å². The summed E-state index contributed by atoms with van der Waals surface area (Å²) >= 11 is 6.22. The van der Waals surface area contributed by atoms with Crippen LogP contribution in [0.3, 0.4) is 0 Å². The molecule has 3 aromatic rings. The number of methoxy groups -OCH3 is 3. The molecule has 3 rings (SSSR count). The Kier molecular flexibility index (Phi) is 10.1. The number of amides is 1. The van der Waals surface area contributed by atoms with E-state index in [9.17, 15) is 13.2 Å². The lowest BCUT2D eigenvalue weighted by molar-refractivity contribution is -0.119. The first-order valence-corrected chi connectivity index (χ1v) is 14.2. The van der Waals surface area contributed by atoms with Crippen LogP contribution in [0, 0.1) is 0 Å². The number of hydrogen-bond acceptors (Lipinski definition) is 7. The van der Waals surface area contributed by atoms with E-state index in [1.807, 2.05) is 37.3 Å². The molecular formula is C29H34ClN3O6S. The molecule has 0 aliphatic carbocycles. The van der Waals surface area contributed by atoms with E-state index in [4.69, 9.17) is 25.8 Å². The Morgan fingerprint density at radius 3 is 2.17 bits per heavy atom. The predicted molar refractivity (Wildman–Crippen MR) is 157 cm³/mol. The quantitative estimate of drug-likeness (QED) is 0.224. The minimum Gasteiger partial charge on any atom is -0.495 e. The normalized spacial score (nSPS) is 12.0. The third-order valence-corrected chi connectivity index (χ3v) is 8.26. The molecule has 0 heterocycles. The van der Waals surface area contributed by atoms with Crippen LogP contribution in [0.2, 0.25) is 5.02 Å². The van der Waals surface area contributed by atoms with Gasteiger partial charge in [-0.3, -0.25) is 9.10 Å². The number of benzene rings is 3. The van der Waals surface area contributed by atoms with E-state index in [0.29, 0.717) is 17.9 Å². The van der Waals surface area contributed by atoms with Gasteiger partial charge in [-0.05, 0) is 54.7 Å². The Morgan fingerprint density at radius 2 is 1.55 bits per heavy atom. The highest BCUT2D eigenvalue weighted by Gasteiger charge is 2.31. The Bertz CT molecular complexity index is 1480. The Balaban J connectivity index is 1.93. The van der Waals surface area contributed by atoms with Crippen LogP contribution >= 0.6 is 11.6 Å². The second-order valence-electron chi connectivity index (χ2n) is 9.65. The molecule has 0 aliphatic heterocycles. The Labute approximate surface area is 240 Å². The van der Waals surface area contributed by atoms with Gasteiger partial charge in [0.1, 0.15) is 12.3 Å². The number of halogens is 1. The van der Waals surface area contributed by atoms with Crippen molar-refractivity contribution in [3.05, 3.63) is 77.3 Å². The zero-order chi connectivity index (χ0) is 29.5. The van der Waals surface area contributed by atoms with Crippen LogP contribution in [-0.2, 0) is 20.2 Å². The zero-order valence-electron chi connectivity index (χ0n) is 23.4. The third kappa shape index (κ3) is 7.25. The van der Waals surface area contributed by atoms with Gasteiger partial charge in [-0.25, -0.2) is 13.8 Å². The van der Waals surface area contributed by atoms with Crippen molar-refractivity contribution in [2.45, 2.75) is 37.5 Å². The summed E-state index contributed by atoms with van der Waals surface area (Å²) in [5.41, 5.74) is 4.17. The molecule has 0 atom stereocenters. The second-order valence-corrected chi connectivity index (χ2v) is 12.0. The molecular weight excluding hydrogens is 554 g/mol. The molecule has 0 fully saturated rings. The summed E-state index contributed by atoms with van der Waals surface area (Å²) in [6.07, 6.45) is 0.576. The molecule has 0 aromatic heterocycles. The van der Waals surface area contributed by atoms with Crippen LogP contribution in [-0.4, -0.2) is 47.9 Å². The molecule has 9 nitrogen and oxygen atoms in total. The highest BCUT2D eigenvalue weighted by atomic mass is 35.5. The number of carbonyl (C=O) groups is 1. The van der Waals surface area contributed by atoms with E-state index in [2.05, 4.69) is 24.4 Å². The predicted octanol–water partition coefficient (Wildman–Crippen LogP) is 5.42. The molecule has 0 saturated carbocycles. The molecule has 11 heteroatoms. The van der Waals surface area contributed by atoms with Gasteiger partial charge in [0, 0.05) is 16.8 Å². The first kappa shape index (κ1) is 30.8. The fourth-order valence-corrected chi connectivity index (χ4v) is 5.86. The largest absolute Gasteiger partial charge is 0.495 e. The Hall–Kier alpha value is -3.76. The van der Waals surface area contributed by atoms with Crippen LogP contribution in [0.25, 0.3) is 0 Å². The molecule has 0 bridgehead atoms. The van der Waals surface area contributed by atoms with E-state index in [-0.39, 0.29) is 32.5 Å². The average Bonchev–Trinajstić information content (AvgIpc) is 2.94. The molecule has 3 aromatic carbocycles. The summed E-state index contributed by atoms with van der Waals surface area (Å²) in [5, 5.41) is 4.51. The lowest BCUT2D eigenvalue weighted by Crippen LogP contribution is -2.40. The molecule has 0 saturated heterocycles. The number of anilines is 1. The van der Waals surface area contributed by atoms with E-state index in [1.54, 1.807) is 6.07 Å². The van der Waals surface area contributed by atoms with E-state index >= 15 is 0 Å². The van der Waals surface area contributed by atoms with Crippen LogP contribution in [0.1, 0.15) is 32.8 Å².